The Labute approximate surface area is 151 Å². The number of rotatable bonds is 6. The van der Waals surface area contributed by atoms with Crippen molar-refractivity contribution in [2.24, 2.45) is 0 Å². The minimum absolute atomic E-state index is 0.0892. The maximum Gasteiger partial charge on any atom is 0.359 e. The number of benzene rings is 2. The molecule has 0 aliphatic heterocycles. The van der Waals surface area contributed by atoms with Crippen molar-refractivity contribution < 1.29 is 14.3 Å². The average molecular weight is 347 g/mol. The molecule has 6 heteroatoms. The second-order valence-electron chi connectivity index (χ2n) is 5.43. The van der Waals surface area contributed by atoms with Crippen molar-refractivity contribution in [3.8, 4) is 17.5 Å². The quantitative estimate of drug-likeness (QED) is 0.638. The normalized spacial score (nSPS) is 10.2. The number of carbonyl (C=O) groups excluding carboxylic acids is 1. The van der Waals surface area contributed by atoms with E-state index in [1.165, 1.54) is 10.7 Å². The zero-order valence-corrected chi connectivity index (χ0v) is 14.3. The Morgan fingerprint density at radius 1 is 1.15 bits per heavy atom. The van der Waals surface area contributed by atoms with Gasteiger partial charge in [0.05, 0.1) is 12.3 Å². The Morgan fingerprint density at radius 2 is 1.88 bits per heavy atom. The summed E-state index contributed by atoms with van der Waals surface area (Å²) in [6.45, 7) is 2.63. The van der Waals surface area contributed by atoms with Gasteiger partial charge in [0.25, 0.3) is 0 Å². The first-order valence-corrected chi connectivity index (χ1v) is 8.15. The average Bonchev–Trinajstić information content (AvgIpc) is 3.12. The third kappa shape index (κ3) is 3.90. The molecule has 0 unspecified atom stereocenters. The summed E-state index contributed by atoms with van der Waals surface area (Å²) in [4.78, 5) is 12.2. The molecule has 6 nitrogen and oxygen atoms in total. The molecule has 26 heavy (non-hydrogen) atoms. The largest absolute Gasteiger partial charge is 0.494 e. The van der Waals surface area contributed by atoms with Crippen molar-refractivity contribution in [1.82, 2.24) is 9.78 Å². The zero-order valence-electron chi connectivity index (χ0n) is 14.3. The molecule has 0 N–H and O–H groups in total. The minimum Gasteiger partial charge on any atom is -0.494 e. The van der Waals surface area contributed by atoms with Gasteiger partial charge in [-0.1, -0.05) is 30.3 Å². The molecule has 0 saturated heterocycles. The van der Waals surface area contributed by atoms with Crippen LogP contribution in [0, 0.1) is 11.3 Å². The first-order valence-electron chi connectivity index (χ1n) is 8.15. The minimum atomic E-state index is -0.574. The summed E-state index contributed by atoms with van der Waals surface area (Å²) >= 11 is 0. The molecule has 0 atom stereocenters. The Balaban J connectivity index is 1.77. The lowest BCUT2D eigenvalue weighted by Crippen LogP contribution is -2.07. The molecule has 1 aromatic heterocycles. The molecule has 0 saturated carbocycles. The third-order valence-electron chi connectivity index (χ3n) is 3.64. The van der Waals surface area contributed by atoms with Crippen molar-refractivity contribution in [3.63, 3.8) is 0 Å². The van der Waals surface area contributed by atoms with E-state index in [0.29, 0.717) is 12.3 Å². The molecule has 3 aromatic rings. The molecular formula is C20H17N3O3. The first kappa shape index (κ1) is 17.2. The number of hydrogen-bond donors (Lipinski definition) is 0. The molecule has 0 aliphatic carbocycles. The number of esters is 1. The Kier molecular flexibility index (Phi) is 5.30. The molecule has 2 aromatic carbocycles. The maximum absolute atomic E-state index is 12.2. The summed E-state index contributed by atoms with van der Waals surface area (Å²) in [5.41, 5.74) is 1.88. The third-order valence-corrected chi connectivity index (χ3v) is 3.64. The molecule has 0 spiro atoms. The van der Waals surface area contributed by atoms with Gasteiger partial charge in [-0.2, -0.15) is 10.4 Å². The van der Waals surface area contributed by atoms with Gasteiger partial charge in [-0.3, -0.25) is 0 Å². The molecule has 0 bridgehead atoms. The van der Waals surface area contributed by atoms with Gasteiger partial charge in [0, 0.05) is 6.07 Å². The fraction of sp³-hybridized carbons (Fsp3) is 0.150. The van der Waals surface area contributed by atoms with E-state index in [2.05, 4.69) is 5.10 Å². The summed E-state index contributed by atoms with van der Waals surface area (Å²) in [6, 6.07) is 20.0. The van der Waals surface area contributed by atoms with Crippen molar-refractivity contribution in [3.05, 3.63) is 77.6 Å². The lowest BCUT2D eigenvalue weighted by molar-refractivity contribution is 0.0465. The van der Waals surface area contributed by atoms with Crippen LogP contribution in [0.1, 0.15) is 28.7 Å². The number of aromatic nitrogens is 2. The molecule has 0 aliphatic rings. The van der Waals surface area contributed by atoms with Crippen molar-refractivity contribution in [2.75, 3.05) is 6.61 Å². The number of nitrogens with zero attached hydrogens (tertiary/aromatic N) is 3. The summed E-state index contributed by atoms with van der Waals surface area (Å²) in [7, 11) is 0. The highest BCUT2D eigenvalue weighted by Gasteiger charge is 2.17. The van der Waals surface area contributed by atoms with Crippen molar-refractivity contribution in [1.29, 1.82) is 5.26 Å². The van der Waals surface area contributed by atoms with E-state index in [4.69, 9.17) is 9.47 Å². The number of nitriles is 1. The van der Waals surface area contributed by atoms with Crippen molar-refractivity contribution >= 4 is 5.97 Å². The first-order chi connectivity index (χ1) is 12.7. The van der Waals surface area contributed by atoms with E-state index in [-0.39, 0.29) is 18.0 Å². The highest BCUT2D eigenvalue weighted by molar-refractivity contribution is 5.87. The molecule has 0 radical (unpaired) electrons. The topological polar surface area (TPSA) is 77.1 Å². The van der Waals surface area contributed by atoms with Crippen LogP contribution in [0.3, 0.4) is 0 Å². The van der Waals surface area contributed by atoms with Gasteiger partial charge in [-0.25, -0.2) is 9.48 Å². The van der Waals surface area contributed by atoms with Crippen LogP contribution in [0.4, 0.5) is 0 Å². The van der Waals surface area contributed by atoms with Crippen LogP contribution in [0.5, 0.6) is 5.75 Å². The zero-order chi connectivity index (χ0) is 18.4. The van der Waals surface area contributed by atoms with Crippen molar-refractivity contribution in [2.45, 2.75) is 13.5 Å². The molecule has 130 valence electrons. The number of hydrogen-bond acceptors (Lipinski definition) is 5. The van der Waals surface area contributed by atoms with E-state index >= 15 is 0 Å². The second-order valence-corrected chi connectivity index (χ2v) is 5.43. The SMILES string of the molecule is CCOc1ccc(-n2nc(C(=O)OCc3ccccc3)cc2C#N)cc1. The summed E-state index contributed by atoms with van der Waals surface area (Å²) in [5.74, 6) is 0.152. The molecule has 0 fully saturated rings. The molecular weight excluding hydrogens is 330 g/mol. The molecule has 0 amide bonds. The highest BCUT2D eigenvalue weighted by atomic mass is 16.5. The standard InChI is InChI=1S/C20H17N3O3/c1-2-25-18-10-8-16(9-11-18)23-17(13-21)12-19(22-23)20(24)26-14-15-6-4-3-5-7-15/h3-12H,2,14H2,1H3. The Morgan fingerprint density at radius 3 is 2.54 bits per heavy atom. The molecule has 3 rings (SSSR count). The molecule has 1 heterocycles. The lowest BCUT2D eigenvalue weighted by Gasteiger charge is -2.06. The van der Waals surface area contributed by atoms with Crippen LogP contribution in [0.15, 0.2) is 60.7 Å². The Hall–Kier alpha value is -3.59. The van der Waals surface area contributed by atoms with Crippen LogP contribution in [0.2, 0.25) is 0 Å². The van der Waals surface area contributed by atoms with E-state index in [0.717, 1.165) is 11.3 Å². The van der Waals surface area contributed by atoms with Crippen LogP contribution in [-0.2, 0) is 11.3 Å². The Bertz CT molecular complexity index is 925. The summed E-state index contributed by atoms with van der Waals surface area (Å²) in [6.07, 6.45) is 0. The summed E-state index contributed by atoms with van der Waals surface area (Å²) in [5, 5.41) is 13.6. The van der Waals surface area contributed by atoms with E-state index in [1.54, 1.807) is 24.3 Å². The van der Waals surface area contributed by atoms with Gasteiger partial charge >= 0.3 is 5.97 Å². The smallest absolute Gasteiger partial charge is 0.359 e. The monoisotopic (exact) mass is 347 g/mol. The number of carbonyl (C=O) groups is 1. The van der Waals surface area contributed by atoms with Gasteiger partial charge in [0.1, 0.15) is 24.1 Å². The van der Waals surface area contributed by atoms with Gasteiger partial charge in [-0.05, 0) is 36.8 Å². The highest BCUT2D eigenvalue weighted by Crippen LogP contribution is 2.18. The van der Waals surface area contributed by atoms with Gasteiger partial charge in [0.15, 0.2) is 5.69 Å². The number of ether oxygens (including phenoxy) is 2. The summed E-state index contributed by atoms with van der Waals surface area (Å²) < 4.78 is 12.1. The van der Waals surface area contributed by atoms with Gasteiger partial charge in [-0.15, -0.1) is 0 Å². The second kappa shape index (κ2) is 7.99. The predicted molar refractivity (Wildman–Crippen MR) is 95.0 cm³/mol. The van der Waals surface area contributed by atoms with Crippen LogP contribution in [0.25, 0.3) is 5.69 Å². The van der Waals surface area contributed by atoms with E-state index in [1.807, 2.05) is 43.3 Å². The maximum atomic E-state index is 12.2. The predicted octanol–water partition coefficient (Wildman–Crippen LogP) is 3.50. The van der Waals surface area contributed by atoms with Crippen LogP contribution < -0.4 is 4.74 Å². The van der Waals surface area contributed by atoms with Crippen LogP contribution >= 0.6 is 0 Å². The fourth-order valence-electron chi connectivity index (χ4n) is 2.40. The lowest BCUT2D eigenvalue weighted by atomic mass is 10.2. The van der Waals surface area contributed by atoms with E-state index in [9.17, 15) is 10.1 Å². The van der Waals surface area contributed by atoms with Gasteiger partial charge in [0.2, 0.25) is 0 Å². The van der Waals surface area contributed by atoms with E-state index < -0.39 is 5.97 Å². The van der Waals surface area contributed by atoms with Crippen LogP contribution in [-0.4, -0.2) is 22.4 Å². The van der Waals surface area contributed by atoms with Gasteiger partial charge < -0.3 is 9.47 Å². The fourth-order valence-corrected chi connectivity index (χ4v) is 2.40.